The summed E-state index contributed by atoms with van der Waals surface area (Å²) in [5.41, 5.74) is 1.42. The molecule has 4 rings (SSSR count). The number of hydrogen-bond donors (Lipinski definition) is 2. The van der Waals surface area contributed by atoms with Crippen molar-refractivity contribution < 1.29 is 19.1 Å². The van der Waals surface area contributed by atoms with Gasteiger partial charge in [0, 0.05) is 61.4 Å². The van der Waals surface area contributed by atoms with Crippen LogP contribution in [0.25, 0.3) is 6.08 Å². The molecule has 0 bridgehead atoms. The van der Waals surface area contributed by atoms with Crippen LogP contribution in [0.4, 0.5) is 0 Å². The highest BCUT2D eigenvalue weighted by Gasteiger charge is 2.26. The molecule has 3 amide bonds. The Morgan fingerprint density at radius 2 is 1.80 bits per heavy atom. The zero-order chi connectivity index (χ0) is 28.3. The smallest absolute Gasteiger partial charge is 0.244 e. The predicted molar refractivity (Wildman–Crippen MR) is 153 cm³/mol. The summed E-state index contributed by atoms with van der Waals surface area (Å²) in [7, 11) is 0. The van der Waals surface area contributed by atoms with Gasteiger partial charge in [-0.3, -0.25) is 19.4 Å². The Labute approximate surface area is 242 Å². The number of likely N-dealkylation sites (tertiary alicyclic amines) is 1. The van der Waals surface area contributed by atoms with E-state index in [0.717, 1.165) is 5.56 Å². The van der Waals surface area contributed by atoms with Crippen LogP contribution in [0.5, 0.6) is 5.88 Å². The third kappa shape index (κ3) is 9.07. The van der Waals surface area contributed by atoms with Gasteiger partial charge in [-0.1, -0.05) is 47.5 Å². The van der Waals surface area contributed by atoms with Gasteiger partial charge in [0.2, 0.25) is 23.6 Å². The number of pyridine rings is 2. The molecule has 1 fully saturated rings. The Hall–Kier alpha value is -3.95. The SMILES string of the molecule is O=C(C=Cc1ccc(Cl)cc1)N[C@@H](Cc1ccccn1)C(=O)NCC(=O)N1CCC(Oc2cccc(Cl)n2)CC1. The molecule has 0 saturated carbocycles. The number of benzene rings is 1. The summed E-state index contributed by atoms with van der Waals surface area (Å²) in [4.78, 5) is 48.6. The van der Waals surface area contributed by atoms with Gasteiger partial charge in [0.15, 0.2) is 0 Å². The maximum atomic E-state index is 13.1. The molecule has 9 nitrogen and oxygen atoms in total. The summed E-state index contributed by atoms with van der Waals surface area (Å²) >= 11 is 11.8. The number of carbonyl (C=O) groups excluding carboxylic acids is 3. The summed E-state index contributed by atoms with van der Waals surface area (Å²) < 4.78 is 5.88. The van der Waals surface area contributed by atoms with Gasteiger partial charge in [-0.05, 0) is 42.0 Å². The van der Waals surface area contributed by atoms with Gasteiger partial charge >= 0.3 is 0 Å². The molecule has 1 saturated heterocycles. The maximum absolute atomic E-state index is 13.1. The van der Waals surface area contributed by atoms with Crippen molar-refractivity contribution in [2.75, 3.05) is 19.6 Å². The average Bonchev–Trinajstić information content (AvgIpc) is 2.96. The largest absolute Gasteiger partial charge is 0.474 e. The van der Waals surface area contributed by atoms with Crippen LogP contribution in [0, 0.1) is 0 Å². The first-order valence-electron chi connectivity index (χ1n) is 12.8. The molecule has 1 aromatic carbocycles. The van der Waals surface area contributed by atoms with Crippen molar-refractivity contribution in [3.63, 3.8) is 0 Å². The number of aromatic nitrogens is 2. The first-order chi connectivity index (χ1) is 19.4. The summed E-state index contributed by atoms with van der Waals surface area (Å²) in [6.45, 7) is 0.794. The second-order valence-electron chi connectivity index (χ2n) is 9.19. The van der Waals surface area contributed by atoms with E-state index in [9.17, 15) is 14.4 Å². The Balaban J connectivity index is 1.29. The number of hydrogen-bond acceptors (Lipinski definition) is 6. The number of ether oxygens (including phenoxy) is 1. The van der Waals surface area contributed by atoms with E-state index in [0.29, 0.717) is 47.7 Å². The zero-order valence-electron chi connectivity index (χ0n) is 21.6. The van der Waals surface area contributed by atoms with Crippen molar-refractivity contribution in [3.8, 4) is 5.88 Å². The van der Waals surface area contributed by atoms with E-state index in [-0.39, 0.29) is 25.0 Å². The minimum atomic E-state index is -0.922. The minimum Gasteiger partial charge on any atom is -0.474 e. The van der Waals surface area contributed by atoms with E-state index in [1.807, 2.05) is 0 Å². The van der Waals surface area contributed by atoms with Crippen LogP contribution in [0.3, 0.4) is 0 Å². The zero-order valence-corrected chi connectivity index (χ0v) is 23.1. The fraction of sp³-hybridized carbons (Fsp3) is 0.276. The lowest BCUT2D eigenvalue weighted by molar-refractivity contribution is -0.135. The highest BCUT2D eigenvalue weighted by Crippen LogP contribution is 2.19. The number of halogens is 2. The highest BCUT2D eigenvalue weighted by atomic mass is 35.5. The van der Waals surface area contributed by atoms with Crippen LogP contribution in [0.2, 0.25) is 10.2 Å². The van der Waals surface area contributed by atoms with Crippen LogP contribution in [0.1, 0.15) is 24.1 Å². The first-order valence-corrected chi connectivity index (χ1v) is 13.6. The van der Waals surface area contributed by atoms with E-state index in [2.05, 4.69) is 20.6 Å². The van der Waals surface area contributed by atoms with Crippen LogP contribution in [0.15, 0.2) is 72.9 Å². The Morgan fingerprint density at radius 1 is 1.02 bits per heavy atom. The molecule has 208 valence electrons. The number of carbonyl (C=O) groups is 3. The van der Waals surface area contributed by atoms with E-state index in [1.54, 1.807) is 77.8 Å². The minimum absolute atomic E-state index is 0.0801. The standard InChI is InChI=1S/C29H29Cl2N5O4/c30-21-10-7-20(8-11-21)9-12-26(37)34-24(18-22-4-1-2-15-32-22)29(39)33-19-28(38)36-16-13-23(14-17-36)40-27-6-3-5-25(31)35-27/h1-12,15,23-24H,13-14,16-19H2,(H,33,39)(H,34,37)/t24-/m0/s1. The van der Waals surface area contributed by atoms with Crippen molar-refractivity contribution >= 4 is 47.0 Å². The Kier molecular flexibility index (Phi) is 10.5. The summed E-state index contributed by atoms with van der Waals surface area (Å²) in [6.07, 6.45) is 5.94. The van der Waals surface area contributed by atoms with E-state index in [4.69, 9.17) is 27.9 Å². The van der Waals surface area contributed by atoms with Crippen LogP contribution in [-0.2, 0) is 20.8 Å². The number of piperidine rings is 1. The molecule has 0 spiro atoms. The van der Waals surface area contributed by atoms with Crippen LogP contribution in [-0.4, -0.2) is 64.4 Å². The molecule has 1 aliphatic rings. The van der Waals surface area contributed by atoms with Gasteiger partial charge in [-0.15, -0.1) is 0 Å². The van der Waals surface area contributed by atoms with Crippen LogP contribution >= 0.6 is 23.2 Å². The average molecular weight is 582 g/mol. The van der Waals surface area contributed by atoms with Crippen molar-refractivity contribution in [2.45, 2.75) is 31.4 Å². The second kappa shape index (κ2) is 14.4. The maximum Gasteiger partial charge on any atom is 0.244 e. The third-order valence-electron chi connectivity index (χ3n) is 6.26. The number of rotatable bonds is 10. The molecular formula is C29H29Cl2N5O4. The highest BCUT2D eigenvalue weighted by molar-refractivity contribution is 6.30. The lowest BCUT2D eigenvalue weighted by atomic mass is 10.1. The van der Waals surface area contributed by atoms with Crippen molar-refractivity contribution in [2.24, 2.45) is 0 Å². The number of nitrogens with zero attached hydrogens (tertiary/aromatic N) is 3. The summed E-state index contributed by atoms with van der Waals surface area (Å²) in [5.74, 6) is -0.683. The quantitative estimate of drug-likeness (QED) is 0.279. The molecule has 0 radical (unpaired) electrons. The molecule has 3 aromatic rings. The molecule has 0 unspecified atom stereocenters. The number of amides is 3. The predicted octanol–water partition coefficient (Wildman–Crippen LogP) is 3.71. The van der Waals surface area contributed by atoms with E-state index in [1.165, 1.54) is 6.08 Å². The van der Waals surface area contributed by atoms with Gasteiger partial charge in [0.05, 0.1) is 6.54 Å². The molecule has 0 aliphatic carbocycles. The lowest BCUT2D eigenvalue weighted by Gasteiger charge is -2.32. The Morgan fingerprint density at radius 3 is 2.50 bits per heavy atom. The van der Waals surface area contributed by atoms with Crippen LogP contribution < -0.4 is 15.4 Å². The first kappa shape index (κ1) is 29.0. The molecule has 2 aromatic heterocycles. The number of nitrogens with one attached hydrogen (secondary N) is 2. The van der Waals surface area contributed by atoms with Crippen molar-refractivity contribution in [1.82, 2.24) is 25.5 Å². The molecule has 40 heavy (non-hydrogen) atoms. The molecular weight excluding hydrogens is 553 g/mol. The second-order valence-corrected chi connectivity index (χ2v) is 10.0. The topological polar surface area (TPSA) is 114 Å². The molecule has 1 aliphatic heterocycles. The van der Waals surface area contributed by atoms with Gasteiger partial charge < -0.3 is 20.3 Å². The van der Waals surface area contributed by atoms with Gasteiger partial charge in [0.25, 0.3) is 0 Å². The van der Waals surface area contributed by atoms with Gasteiger partial charge in [0.1, 0.15) is 17.3 Å². The molecule has 3 heterocycles. The summed E-state index contributed by atoms with van der Waals surface area (Å²) in [5, 5.41) is 6.35. The summed E-state index contributed by atoms with van der Waals surface area (Å²) in [6, 6.07) is 16.6. The van der Waals surface area contributed by atoms with E-state index >= 15 is 0 Å². The molecule has 2 N–H and O–H groups in total. The molecule has 11 heteroatoms. The lowest BCUT2D eigenvalue weighted by Crippen LogP contribution is -2.51. The van der Waals surface area contributed by atoms with E-state index < -0.39 is 17.9 Å². The van der Waals surface area contributed by atoms with Crippen molar-refractivity contribution in [3.05, 3.63) is 94.4 Å². The Bertz CT molecular complexity index is 1330. The van der Waals surface area contributed by atoms with Gasteiger partial charge in [-0.2, -0.15) is 0 Å². The normalized spacial score (nSPS) is 14.5. The molecule has 1 atom stereocenters. The monoisotopic (exact) mass is 581 g/mol. The fourth-order valence-corrected chi connectivity index (χ4v) is 4.43. The van der Waals surface area contributed by atoms with Crippen molar-refractivity contribution in [1.29, 1.82) is 0 Å². The third-order valence-corrected chi connectivity index (χ3v) is 6.72. The van der Waals surface area contributed by atoms with Gasteiger partial charge in [-0.25, -0.2) is 4.98 Å². The fourth-order valence-electron chi connectivity index (χ4n) is 4.15.